The van der Waals surface area contributed by atoms with Gasteiger partial charge in [0.25, 0.3) is 5.91 Å². The Morgan fingerprint density at radius 2 is 1.81 bits per heavy atom. The topological polar surface area (TPSA) is 41.1 Å². The molecule has 1 aromatic carbocycles. The highest BCUT2D eigenvalue weighted by molar-refractivity contribution is 5.94. The average Bonchev–Trinajstić information content (AvgIpc) is 2.36. The number of halogens is 5. The van der Waals surface area contributed by atoms with Gasteiger partial charge >= 0.3 is 6.18 Å². The second-order valence-electron chi connectivity index (χ2n) is 4.23. The van der Waals surface area contributed by atoms with E-state index in [4.69, 9.17) is 0 Å². The largest absolute Gasteiger partial charge is 0.416 e. The first kappa shape index (κ1) is 19.7. The van der Waals surface area contributed by atoms with Gasteiger partial charge in [0.05, 0.1) is 5.56 Å². The van der Waals surface area contributed by atoms with E-state index in [0.717, 1.165) is 19.0 Å². The standard InChI is InChI=1S/C13H16F4N2O.ClH/c1-2-3-18-4-5-19-12(20)9-6-10(13(15,16)17)8-11(14)7-9;/h6-8,18H,2-5H2,1H3,(H,19,20);1H. The molecule has 0 bridgehead atoms. The first-order valence-electron chi connectivity index (χ1n) is 6.21. The number of amides is 1. The molecule has 1 rings (SSSR count). The van der Waals surface area contributed by atoms with Gasteiger partial charge in [0, 0.05) is 18.7 Å². The molecule has 0 unspecified atom stereocenters. The van der Waals surface area contributed by atoms with Crippen LogP contribution in [0.3, 0.4) is 0 Å². The number of rotatable bonds is 6. The van der Waals surface area contributed by atoms with Crippen molar-refractivity contribution < 1.29 is 22.4 Å². The zero-order valence-electron chi connectivity index (χ0n) is 11.4. The Morgan fingerprint density at radius 3 is 2.38 bits per heavy atom. The molecule has 0 heterocycles. The van der Waals surface area contributed by atoms with Gasteiger partial charge < -0.3 is 10.6 Å². The number of alkyl halides is 3. The van der Waals surface area contributed by atoms with Crippen molar-refractivity contribution in [1.82, 2.24) is 10.6 Å². The Hall–Kier alpha value is -1.34. The molecule has 0 fully saturated rings. The van der Waals surface area contributed by atoms with Crippen LogP contribution in [0.1, 0.15) is 29.3 Å². The maximum Gasteiger partial charge on any atom is 0.416 e. The van der Waals surface area contributed by atoms with Crippen LogP contribution in [0.4, 0.5) is 17.6 Å². The summed E-state index contributed by atoms with van der Waals surface area (Å²) in [6, 6.07) is 1.78. The van der Waals surface area contributed by atoms with Gasteiger partial charge in [0.15, 0.2) is 0 Å². The lowest BCUT2D eigenvalue weighted by Gasteiger charge is -2.10. The minimum Gasteiger partial charge on any atom is -0.351 e. The fourth-order valence-corrected chi connectivity index (χ4v) is 1.55. The van der Waals surface area contributed by atoms with E-state index in [1.54, 1.807) is 0 Å². The lowest BCUT2D eigenvalue weighted by molar-refractivity contribution is -0.137. The molecule has 120 valence electrons. The van der Waals surface area contributed by atoms with Gasteiger partial charge in [-0.2, -0.15) is 13.2 Å². The predicted octanol–water partition coefficient (Wildman–Crippen LogP) is 3.00. The van der Waals surface area contributed by atoms with Gasteiger partial charge in [-0.25, -0.2) is 4.39 Å². The molecule has 0 saturated heterocycles. The Morgan fingerprint density at radius 1 is 1.14 bits per heavy atom. The van der Waals surface area contributed by atoms with Gasteiger partial charge in [0.1, 0.15) is 5.82 Å². The summed E-state index contributed by atoms with van der Waals surface area (Å²) in [7, 11) is 0. The van der Waals surface area contributed by atoms with E-state index in [1.807, 2.05) is 6.92 Å². The van der Waals surface area contributed by atoms with Gasteiger partial charge in [-0.1, -0.05) is 6.92 Å². The van der Waals surface area contributed by atoms with Crippen molar-refractivity contribution in [3.63, 3.8) is 0 Å². The molecule has 0 radical (unpaired) electrons. The van der Waals surface area contributed by atoms with Gasteiger partial charge in [-0.3, -0.25) is 4.79 Å². The third kappa shape index (κ3) is 6.77. The lowest BCUT2D eigenvalue weighted by atomic mass is 10.1. The monoisotopic (exact) mass is 328 g/mol. The zero-order valence-corrected chi connectivity index (χ0v) is 12.2. The van der Waals surface area contributed by atoms with Crippen molar-refractivity contribution in [2.75, 3.05) is 19.6 Å². The van der Waals surface area contributed by atoms with Crippen molar-refractivity contribution in [3.8, 4) is 0 Å². The van der Waals surface area contributed by atoms with E-state index in [-0.39, 0.29) is 24.5 Å². The lowest BCUT2D eigenvalue weighted by Crippen LogP contribution is -2.32. The molecule has 3 nitrogen and oxygen atoms in total. The molecule has 0 aliphatic rings. The number of hydrogen-bond acceptors (Lipinski definition) is 2. The Labute approximate surface area is 126 Å². The maximum absolute atomic E-state index is 13.1. The molecule has 0 aliphatic carbocycles. The number of carbonyl (C=O) groups excluding carboxylic acids is 1. The molecule has 1 amide bonds. The first-order valence-corrected chi connectivity index (χ1v) is 6.21. The van der Waals surface area contributed by atoms with E-state index >= 15 is 0 Å². The van der Waals surface area contributed by atoms with Crippen molar-refractivity contribution in [3.05, 3.63) is 35.1 Å². The van der Waals surface area contributed by atoms with Gasteiger partial charge in [-0.05, 0) is 31.2 Å². The molecule has 2 N–H and O–H groups in total. The molecule has 0 aromatic heterocycles. The normalized spacial score (nSPS) is 10.9. The van der Waals surface area contributed by atoms with Gasteiger partial charge in [-0.15, -0.1) is 12.4 Å². The summed E-state index contributed by atoms with van der Waals surface area (Å²) in [6.45, 7) is 3.53. The summed E-state index contributed by atoms with van der Waals surface area (Å²) in [5, 5.41) is 5.45. The van der Waals surface area contributed by atoms with Crippen LogP contribution in [0.25, 0.3) is 0 Å². The molecule has 21 heavy (non-hydrogen) atoms. The number of carbonyl (C=O) groups is 1. The van der Waals surface area contributed by atoms with Crippen LogP contribution in [-0.4, -0.2) is 25.5 Å². The summed E-state index contributed by atoms with van der Waals surface area (Å²) >= 11 is 0. The third-order valence-corrected chi connectivity index (χ3v) is 2.50. The zero-order chi connectivity index (χ0) is 15.2. The quantitative estimate of drug-likeness (QED) is 0.622. The molecule has 8 heteroatoms. The van der Waals surface area contributed by atoms with Crippen LogP contribution in [-0.2, 0) is 6.18 Å². The summed E-state index contributed by atoms with van der Waals surface area (Å²) in [5.41, 5.74) is -1.51. The molecule has 0 atom stereocenters. The summed E-state index contributed by atoms with van der Waals surface area (Å²) in [6.07, 6.45) is -3.74. The Kier molecular flexibility index (Phi) is 8.27. The van der Waals surface area contributed by atoms with Crippen LogP contribution < -0.4 is 10.6 Å². The van der Waals surface area contributed by atoms with E-state index in [1.165, 1.54) is 0 Å². The van der Waals surface area contributed by atoms with Crippen molar-refractivity contribution in [2.24, 2.45) is 0 Å². The maximum atomic E-state index is 13.1. The molecule has 0 saturated carbocycles. The average molecular weight is 329 g/mol. The van der Waals surface area contributed by atoms with Crippen LogP contribution in [0, 0.1) is 5.82 Å². The number of nitrogens with one attached hydrogen (secondary N) is 2. The predicted molar refractivity (Wildman–Crippen MR) is 74.1 cm³/mol. The smallest absolute Gasteiger partial charge is 0.351 e. The van der Waals surface area contributed by atoms with E-state index < -0.39 is 23.5 Å². The van der Waals surface area contributed by atoms with Crippen LogP contribution in [0.5, 0.6) is 0 Å². The minimum absolute atomic E-state index is 0. The first-order chi connectivity index (χ1) is 9.34. The Balaban J connectivity index is 0.00000400. The van der Waals surface area contributed by atoms with Gasteiger partial charge in [0.2, 0.25) is 0 Å². The summed E-state index contributed by atoms with van der Waals surface area (Å²) in [5.74, 6) is -1.82. The molecule has 0 aliphatic heterocycles. The van der Waals surface area contributed by atoms with Crippen LogP contribution in [0.2, 0.25) is 0 Å². The highest BCUT2D eigenvalue weighted by atomic mass is 35.5. The fourth-order valence-electron chi connectivity index (χ4n) is 1.55. The van der Waals surface area contributed by atoms with Crippen LogP contribution in [0.15, 0.2) is 18.2 Å². The SMILES string of the molecule is CCCNCCNC(=O)c1cc(F)cc(C(F)(F)F)c1.Cl. The highest BCUT2D eigenvalue weighted by Gasteiger charge is 2.31. The van der Waals surface area contributed by atoms with Crippen molar-refractivity contribution in [1.29, 1.82) is 0 Å². The highest BCUT2D eigenvalue weighted by Crippen LogP contribution is 2.30. The second kappa shape index (κ2) is 8.84. The summed E-state index contributed by atoms with van der Waals surface area (Å²) < 4.78 is 50.6. The minimum atomic E-state index is -4.68. The third-order valence-electron chi connectivity index (χ3n) is 2.50. The molecular weight excluding hydrogens is 312 g/mol. The molecular formula is C13H17ClF4N2O. The van der Waals surface area contributed by atoms with Crippen molar-refractivity contribution in [2.45, 2.75) is 19.5 Å². The number of benzene rings is 1. The Bertz CT molecular complexity index is 466. The molecule has 1 aromatic rings. The van der Waals surface area contributed by atoms with E-state index in [9.17, 15) is 22.4 Å². The van der Waals surface area contributed by atoms with Crippen molar-refractivity contribution >= 4 is 18.3 Å². The molecule has 0 spiro atoms. The van der Waals surface area contributed by atoms with E-state index in [0.29, 0.717) is 18.7 Å². The summed E-state index contributed by atoms with van der Waals surface area (Å²) in [4.78, 5) is 11.6. The van der Waals surface area contributed by atoms with Crippen LogP contribution >= 0.6 is 12.4 Å². The van der Waals surface area contributed by atoms with E-state index in [2.05, 4.69) is 10.6 Å². The second-order valence-corrected chi connectivity index (χ2v) is 4.23. The number of hydrogen-bond donors (Lipinski definition) is 2. The fraction of sp³-hybridized carbons (Fsp3) is 0.462.